The minimum atomic E-state index is -0.292. The maximum Gasteiger partial charge on any atom is 0.322 e. The van der Waals surface area contributed by atoms with Crippen LogP contribution >= 0.6 is 0 Å². The number of rotatable bonds is 3. The predicted molar refractivity (Wildman–Crippen MR) is 91.2 cm³/mol. The summed E-state index contributed by atoms with van der Waals surface area (Å²) in [5.41, 5.74) is 1.07. The summed E-state index contributed by atoms with van der Waals surface area (Å²) in [4.78, 5) is 18.8. The minimum absolute atomic E-state index is 0.0478. The van der Waals surface area contributed by atoms with E-state index >= 15 is 0 Å². The lowest BCUT2D eigenvalue weighted by Crippen LogP contribution is -2.59. The maximum atomic E-state index is 13.9. The van der Waals surface area contributed by atoms with E-state index in [-0.39, 0.29) is 23.3 Å². The molecule has 3 rings (SSSR count). The zero-order chi connectivity index (χ0) is 17.5. The van der Waals surface area contributed by atoms with Crippen molar-refractivity contribution in [1.29, 1.82) is 0 Å². The van der Waals surface area contributed by atoms with Gasteiger partial charge in [0.1, 0.15) is 11.6 Å². The Labute approximate surface area is 141 Å². The number of urea groups is 1. The van der Waals surface area contributed by atoms with E-state index in [1.165, 1.54) is 6.07 Å². The number of imidazole rings is 1. The minimum Gasteiger partial charge on any atom is -0.336 e. The van der Waals surface area contributed by atoms with E-state index in [4.69, 9.17) is 0 Å². The first-order valence-electron chi connectivity index (χ1n) is 8.16. The highest BCUT2D eigenvalue weighted by molar-refractivity contribution is 5.90. The van der Waals surface area contributed by atoms with Gasteiger partial charge in [-0.15, -0.1) is 0 Å². The molecule has 0 spiro atoms. The summed E-state index contributed by atoms with van der Waals surface area (Å²) >= 11 is 0. The lowest BCUT2D eigenvalue weighted by molar-refractivity contribution is -0.0182. The molecule has 2 aromatic rings. The molecule has 0 saturated carbocycles. The molecule has 1 saturated heterocycles. The maximum absolute atomic E-state index is 13.9. The fourth-order valence-corrected chi connectivity index (χ4v) is 3.35. The smallest absolute Gasteiger partial charge is 0.322 e. The first-order chi connectivity index (χ1) is 11.3. The molecule has 0 unspecified atom stereocenters. The summed E-state index contributed by atoms with van der Waals surface area (Å²) in [6.45, 7) is 6.76. The van der Waals surface area contributed by atoms with Gasteiger partial charge >= 0.3 is 6.03 Å². The second-order valence-corrected chi connectivity index (χ2v) is 7.01. The molecule has 128 valence electrons. The van der Waals surface area contributed by atoms with Crippen molar-refractivity contribution in [1.82, 2.24) is 14.5 Å². The number of carbonyl (C=O) groups excluding carboxylic acids is 1. The number of nitrogens with one attached hydrogen (secondary N) is 1. The zero-order valence-electron chi connectivity index (χ0n) is 14.5. The molecule has 2 heterocycles. The standard InChI is InChI=1S/C18H23FN4O/c1-5-12-6-7-13(10-14(12)19)21-17(24)23-11-18(2,3)15(23)16-20-8-9-22(16)4/h6-10,15H,5,11H2,1-4H3,(H,21,24)/t15-/m1/s1. The van der Waals surface area contributed by atoms with E-state index in [9.17, 15) is 9.18 Å². The number of amides is 2. The Morgan fingerprint density at radius 1 is 1.46 bits per heavy atom. The van der Waals surface area contributed by atoms with Crippen LogP contribution in [0.1, 0.15) is 38.2 Å². The quantitative estimate of drug-likeness (QED) is 0.932. The van der Waals surface area contributed by atoms with Crippen LogP contribution in [-0.2, 0) is 13.5 Å². The highest BCUT2D eigenvalue weighted by Gasteiger charge is 2.50. The Hall–Kier alpha value is -2.37. The van der Waals surface area contributed by atoms with E-state index in [0.717, 1.165) is 5.82 Å². The number of benzene rings is 1. The first-order valence-corrected chi connectivity index (χ1v) is 8.16. The summed E-state index contributed by atoms with van der Waals surface area (Å²) in [5.74, 6) is 0.564. The van der Waals surface area contributed by atoms with Crippen LogP contribution in [-0.4, -0.2) is 27.0 Å². The fraction of sp³-hybridized carbons (Fsp3) is 0.444. The van der Waals surface area contributed by atoms with Crippen molar-refractivity contribution in [3.63, 3.8) is 0 Å². The van der Waals surface area contributed by atoms with Crippen LogP contribution in [0, 0.1) is 11.2 Å². The van der Waals surface area contributed by atoms with Gasteiger partial charge in [-0.1, -0.05) is 26.8 Å². The third kappa shape index (κ3) is 2.77. The van der Waals surface area contributed by atoms with E-state index in [0.29, 0.717) is 24.2 Å². The lowest BCUT2D eigenvalue weighted by atomic mass is 9.74. The van der Waals surface area contributed by atoms with E-state index in [2.05, 4.69) is 24.1 Å². The van der Waals surface area contributed by atoms with E-state index in [1.807, 2.05) is 24.7 Å². The second kappa shape index (κ2) is 5.92. The van der Waals surface area contributed by atoms with Gasteiger partial charge in [0.2, 0.25) is 0 Å². The van der Waals surface area contributed by atoms with Crippen molar-refractivity contribution >= 4 is 11.7 Å². The van der Waals surface area contributed by atoms with Crippen molar-refractivity contribution in [3.8, 4) is 0 Å². The first kappa shape index (κ1) is 16.5. The number of hydrogen-bond donors (Lipinski definition) is 1. The summed E-state index contributed by atoms with van der Waals surface area (Å²) in [6, 6.07) is 4.49. The Kier molecular flexibility index (Phi) is 4.07. The topological polar surface area (TPSA) is 50.2 Å². The normalized spacial score (nSPS) is 19.0. The number of carbonyl (C=O) groups is 1. The molecular weight excluding hydrogens is 307 g/mol. The lowest BCUT2D eigenvalue weighted by Gasteiger charge is -2.53. The molecule has 1 aromatic heterocycles. The van der Waals surface area contributed by atoms with Crippen LogP contribution in [0.3, 0.4) is 0 Å². The number of halogens is 1. The molecule has 1 aliphatic heterocycles. The molecule has 0 bridgehead atoms. The Morgan fingerprint density at radius 3 is 2.75 bits per heavy atom. The molecule has 6 heteroatoms. The van der Waals surface area contributed by atoms with Gasteiger partial charge in [-0.05, 0) is 24.1 Å². The summed E-state index contributed by atoms with van der Waals surface area (Å²) < 4.78 is 15.8. The van der Waals surface area contributed by atoms with E-state index in [1.54, 1.807) is 23.2 Å². The van der Waals surface area contributed by atoms with Crippen molar-refractivity contribution in [2.24, 2.45) is 12.5 Å². The zero-order valence-corrected chi connectivity index (χ0v) is 14.5. The molecule has 1 atom stereocenters. The Bertz CT molecular complexity index is 768. The Balaban J connectivity index is 1.78. The molecule has 5 nitrogen and oxygen atoms in total. The number of aromatic nitrogens is 2. The van der Waals surface area contributed by atoms with Crippen LogP contribution < -0.4 is 5.32 Å². The predicted octanol–water partition coefficient (Wildman–Crippen LogP) is 3.74. The van der Waals surface area contributed by atoms with Crippen LogP contribution in [0.15, 0.2) is 30.6 Å². The molecule has 2 amide bonds. The fourth-order valence-electron chi connectivity index (χ4n) is 3.35. The van der Waals surface area contributed by atoms with E-state index < -0.39 is 0 Å². The largest absolute Gasteiger partial charge is 0.336 e. The molecule has 0 radical (unpaired) electrons. The number of likely N-dealkylation sites (tertiary alicyclic amines) is 1. The van der Waals surface area contributed by atoms with Crippen LogP contribution in [0.4, 0.5) is 14.9 Å². The molecule has 1 aromatic carbocycles. The monoisotopic (exact) mass is 330 g/mol. The third-order valence-electron chi connectivity index (χ3n) is 4.68. The van der Waals surface area contributed by atoms with Gasteiger partial charge < -0.3 is 14.8 Å². The number of anilines is 1. The van der Waals surface area contributed by atoms with Gasteiger partial charge in [-0.25, -0.2) is 14.2 Å². The highest BCUT2D eigenvalue weighted by atomic mass is 19.1. The number of aryl methyl sites for hydroxylation is 2. The van der Waals surface area contributed by atoms with Crippen molar-refractivity contribution < 1.29 is 9.18 Å². The third-order valence-corrected chi connectivity index (χ3v) is 4.68. The average Bonchev–Trinajstić information content (AvgIpc) is 2.91. The Morgan fingerprint density at radius 2 is 2.21 bits per heavy atom. The van der Waals surface area contributed by atoms with Gasteiger partial charge in [0.25, 0.3) is 0 Å². The summed E-state index contributed by atoms with van der Waals surface area (Å²) in [6.07, 6.45) is 4.24. The van der Waals surface area contributed by atoms with Gasteiger partial charge in [0, 0.05) is 37.1 Å². The highest BCUT2D eigenvalue weighted by Crippen LogP contribution is 2.47. The van der Waals surface area contributed by atoms with Crippen LogP contribution in [0.5, 0.6) is 0 Å². The molecule has 24 heavy (non-hydrogen) atoms. The summed E-state index contributed by atoms with van der Waals surface area (Å²) in [5, 5.41) is 2.80. The van der Waals surface area contributed by atoms with Crippen molar-refractivity contribution in [2.45, 2.75) is 33.2 Å². The van der Waals surface area contributed by atoms with Crippen LogP contribution in [0.25, 0.3) is 0 Å². The molecule has 1 fully saturated rings. The SMILES string of the molecule is CCc1ccc(NC(=O)N2CC(C)(C)[C@H]2c2nccn2C)cc1F. The summed E-state index contributed by atoms with van der Waals surface area (Å²) in [7, 11) is 1.92. The van der Waals surface area contributed by atoms with Crippen molar-refractivity contribution in [3.05, 3.63) is 47.8 Å². The van der Waals surface area contributed by atoms with Gasteiger partial charge in [0.15, 0.2) is 0 Å². The molecular formula is C18H23FN4O. The number of nitrogens with zero attached hydrogens (tertiary/aromatic N) is 3. The molecule has 1 N–H and O–H groups in total. The second-order valence-electron chi connectivity index (χ2n) is 7.01. The molecule has 1 aliphatic rings. The molecule has 0 aliphatic carbocycles. The van der Waals surface area contributed by atoms with Gasteiger partial charge in [-0.3, -0.25) is 0 Å². The van der Waals surface area contributed by atoms with Gasteiger partial charge in [0.05, 0.1) is 6.04 Å². The number of hydrogen-bond acceptors (Lipinski definition) is 2. The average molecular weight is 330 g/mol. The van der Waals surface area contributed by atoms with Crippen molar-refractivity contribution in [2.75, 3.05) is 11.9 Å². The van der Waals surface area contributed by atoms with Crippen LogP contribution in [0.2, 0.25) is 0 Å². The van der Waals surface area contributed by atoms with Gasteiger partial charge in [-0.2, -0.15) is 0 Å².